The van der Waals surface area contributed by atoms with Crippen LogP contribution in [0.25, 0.3) is 22.2 Å². The van der Waals surface area contributed by atoms with E-state index in [-0.39, 0.29) is 4.90 Å². The molecule has 1 aromatic carbocycles. The van der Waals surface area contributed by atoms with Crippen LogP contribution in [0.3, 0.4) is 0 Å². The highest BCUT2D eigenvalue weighted by atomic mass is 35.5. The van der Waals surface area contributed by atoms with E-state index in [1.54, 1.807) is 36.5 Å². The second kappa shape index (κ2) is 5.30. The number of aromatic amines is 1. The topological polar surface area (TPSA) is 72.0 Å². The number of pyridine rings is 1. The number of aromatic nitrogens is 2. The van der Waals surface area contributed by atoms with Crippen LogP contribution in [0, 0.1) is 0 Å². The summed E-state index contributed by atoms with van der Waals surface area (Å²) in [5, 5.41) is 1.20. The molecule has 2 heterocycles. The summed E-state index contributed by atoms with van der Waals surface area (Å²) in [6.45, 7) is 0. The summed E-state index contributed by atoms with van der Waals surface area (Å²) in [6, 6.07) is 8.35. The van der Waals surface area contributed by atoms with Crippen LogP contribution in [0.15, 0.2) is 41.4 Å². The van der Waals surface area contributed by atoms with Gasteiger partial charge < -0.3 is 9.72 Å². The molecule has 114 valence electrons. The molecule has 0 aliphatic heterocycles. The number of sulfone groups is 1. The molecular weight excluding hydrogens is 324 g/mol. The third kappa shape index (κ3) is 2.44. The van der Waals surface area contributed by atoms with Crippen LogP contribution in [0.1, 0.15) is 0 Å². The molecule has 1 N–H and O–H groups in total. The fraction of sp³-hybridized carbons (Fsp3) is 0.133. The number of halogens is 1. The average molecular weight is 337 g/mol. The van der Waals surface area contributed by atoms with Crippen molar-refractivity contribution >= 4 is 32.3 Å². The first-order valence-corrected chi connectivity index (χ1v) is 8.69. The molecule has 3 rings (SSSR count). The van der Waals surface area contributed by atoms with Crippen molar-refractivity contribution in [1.29, 1.82) is 0 Å². The summed E-state index contributed by atoms with van der Waals surface area (Å²) in [5.74, 6) is 0.442. The van der Waals surface area contributed by atoms with Gasteiger partial charge >= 0.3 is 0 Å². The van der Waals surface area contributed by atoms with E-state index in [9.17, 15) is 8.42 Å². The van der Waals surface area contributed by atoms with Gasteiger partial charge in [0.1, 0.15) is 0 Å². The summed E-state index contributed by atoms with van der Waals surface area (Å²) in [7, 11) is -1.69. The minimum Gasteiger partial charge on any atom is -0.480 e. The largest absolute Gasteiger partial charge is 0.480 e. The Balaban J connectivity index is 2.17. The molecular formula is C15H13ClN2O3S. The van der Waals surface area contributed by atoms with Crippen molar-refractivity contribution in [2.24, 2.45) is 0 Å². The van der Waals surface area contributed by atoms with Gasteiger partial charge in [0.15, 0.2) is 9.84 Å². The van der Waals surface area contributed by atoms with Crippen LogP contribution < -0.4 is 4.74 Å². The number of methoxy groups -OCH3 is 1. The molecule has 0 aliphatic rings. The minimum absolute atomic E-state index is 0.266. The molecule has 0 saturated carbocycles. The smallest absolute Gasteiger partial charge is 0.224 e. The summed E-state index contributed by atoms with van der Waals surface area (Å²) in [4.78, 5) is 7.61. The van der Waals surface area contributed by atoms with Gasteiger partial charge in [0.25, 0.3) is 0 Å². The van der Waals surface area contributed by atoms with Crippen LogP contribution in [0.5, 0.6) is 5.88 Å². The van der Waals surface area contributed by atoms with Crippen molar-refractivity contribution < 1.29 is 13.2 Å². The molecule has 3 aromatic rings. The van der Waals surface area contributed by atoms with E-state index in [1.165, 1.54) is 13.4 Å². The fourth-order valence-electron chi connectivity index (χ4n) is 2.30. The quantitative estimate of drug-likeness (QED) is 0.796. The Morgan fingerprint density at radius 2 is 1.86 bits per heavy atom. The predicted molar refractivity (Wildman–Crippen MR) is 86.2 cm³/mol. The first-order chi connectivity index (χ1) is 10.4. The molecule has 0 atom stereocenters. The Morgan fingerprint density at radius 1 is 1.18 bits per heavy atom. The van der Waals surface area contributed by atoms with Gasteiger partial charge in [0.05, 0.1) is 33.6 Å². The van der Waals surface area contributed by atoms with E-state index in [4.69, 9.17) is 16.3 Å². The molecule has 7 heteroatoms. The standard InChI is InChI=1S/C15H13ClN2O3S/c1-21-15-12-11(7-8-17-15)18-14(13(12)16)9-3-5-10(6-4-9)22(2,19)20/h3-8,18H,1-2H3. The molecule has 0 spiro atoms. The zero-order chi connectivity index (χ0) is 15.9. The van der Waals surface area contributed by atoms with Crippen molar-refractivity contribution in [3.05, 3.63) is 41.6 Å². The zero-order valence-corrected chi connectivity index (χ0v) is 13.5. The van der Waals surface area contributed by atoms with Crippen molar-refractivity contribution in [1.82, 2.24) is 9.97 Å². The zero-order valence-electron chi connectivity index (χ0n) is 11.9. The maximum atomic E-state index is 11.5. The Hall–Kier alpha value is -2.05. The lowest BCUT2D eigenvalue weighted by Gasteiger charge is -2.02. The monoisotopic (exact) mass is 336 g/mol. The van der Waals surface area contributed by atoms with Crippen LogP contribution in [0.4, 0.5) is 0 Å². The van der Waals surface area contributed by atoms with Crippen LogP contribution in [-0.4, -0.2) is 31.8 Å². The van der Waals surface area contributed by atoms with E-state index in [2.05, 4.69) is 9.97 Å². The summed E-state index contributed by atoms with van der Waals surface area (Å²) < 4.78 is 28.3. The molecule has 0 radical (unpaired) electrons. The van der Waals surface area contributed by atoms with E-state index < -0.39 is 9.84 Å². The van der Waals surface area contributed by atoms with Crippen LogP contribution in [-0.2, 0) is 9.84 Å². The number of nitrogens with one attached hydrogen (secondary N) is 1. The second-order valence-corrected chi connectivity index (χ2v) is 7.25. The van der Waals surface area contributed by atoms with E-state index in [0.717, 1.165) is 11.1 Å². The van der Waals surface area contributed by atoms with Gasteiger partial charge in [-0.2, -0.15) is 0 Å². The lowest BCUT2D eigenvalue weighted by Crippen LogP contribution is -1.96. The lowest BCUT2D eigenvalue weighted by atomic mass is 10.1. The molecule has 0 aliphatic carbocycles. The van der Waals surface area contributed by atoms with Gasteiger partial charge in [0.2, 0.25) is 5.88 Å². The number of benzene rings is 1. The van der Waals surface area contributed by atoms with Crippen molar-refractivity contribution in [2.75, 3.05) is 13.4 Å². The molecule has 0 saturated heterocycles. The van der Waals surface area contributed by atoms with Gasteiger partial charge in [-0.3, -0.25) is 0 Å². The number of H-pyrrole nitrogens is 1. The van der Waals surface area contributed by atoms with Crippen LogP contribution >= 0.6 is 11.6 Å². The number of hydrogen-bond donors (Lipinski definition) is 1. The van der Waals surface area contributed by atoms with Gasteiger partial charge in [0, 0.05) is 12.5 Å². The van der Waals surface area contributed by atoms with E-state index in [0.29, 0.717) is 22.0 Å². The number of fused-ring (bicyclic) bond motifs is 1. The van der Waals surface area contributed by atoms with Gasteiger partial charge in [-0.05, 0) is 23.8 Å². The van der Waals surface area contributed by atoms with Gasteiger partial charge in [-0.25, -0.2) is 13.4 Å². The van der Waals surface area contributed by atoms with Crippen molar-refractivity contribution in [2.45, 2.75) is 4.90 Å². The Labute approximate surface area is 132 Å². The maximum absolute atomic E-state index is 11.5. The van der Waals surface area contributed by atoms with Crippen molar-refractivity contribution in [3.8, 4) is 17.1 Å². The number of rotatable bonds is 3. The molecule has 0 fully saturated rings. The Morgan fingerprint density at radius 3 is 2.45 bits per heavy atom. The Kier molecular flexibility index (Phi) is 3.58. The van der Waals surface area contributed by atoms with Gasteiger partial charge in [-0.1, -0.05) is 23.7 Å². The first-order valence-electron chi connectivity index (χ1n) is 6.42. The highest BCUT2D eigenvalue weighted by Crippen LogP contribution is 2.38. The summed E-state index contributed by atoms with van der Waals surface area (Å²) in [6.07, 6.45) is 2.80. The molecule has 2 aromatic heterocycles. The number of hydrogen-bond acceptors (Lipinski definition) is 4. The van der Waals surface area contributed by atoms with E-state index in [1.807, 2.05) is 0 Å². The summed E-state index contributed by atoms with van der Waals surface area (Å²) in [5.41, 5.74) is 2.29. The Bertz CT molecular complexity index is 947. The fourth-order valence-corrected chi connectivity index (χ4v) is 3.27. The van der Waals surface area contributed by atoms with E-state index >= 15 is 0 Å². The average Bonchev–Trinajstić information content (AvgIpc) is 2.84. The molecule has 0 bridgehead atoms. The second-order valence-electron chi connectivity index (χ2n) is 4.85. The highest BCUT2D eigenvalue weighted by Gasteiger charge is 2.16. The summed E-state index contributed by atoms with van der Waals surface area (Å²) >= 11 is 6.44. The highest BCUT2D eigenvalue weighted by molar-refractivity contribution is 7.90. The molecule has 0 unspecified atom stereocenters. The lowest BCUT2D eigenvalue weighted by molar-refractivity contribution is 0.403. The third-order valence-electron chi connectivity index (χ3n) is 3.38. The first kappa shape index (κ1) is 14.9. The van der Waals surface area contributed by atoms with Crippen molar-refractivity contribution in [3.63, 3.8) is 0 Å². The number of ether oxygens (including phenoxy) is 1. The van der Waals surface area contributed by atoms with Crippen LogP contribution in [0.2, 0.25) is 5.02 Å². The maximum Gasteiger partial charge on any atom is 0.224 e. The SMILES string of the molecule is COc1nccc2[nH]c(-c3ccc(S(C)(=O)=O)cc3)c(Cl)c12. The minimum atomic E-state index is -3.22. The number of nitrogens with zero attached hydrogens (tertiary/aromatic N) is 1. The molecule has 22 heavy (non-hydrogen) atoms. The molecule has 0 amide bonds. The van der Waals surface area contributed by atoms with Gasteiger partial charge in [-0.15, -0.1) is 0 Å². The third-order valence-corrected chi connectivity index (χ3v) is 4.89. The predicted octanol–water partition coefficient (Wildman–Crippen LogP) is 3.30. The normalized spacial score (nSPS) is 11.8. The molecule has 5 nitrogen and oxygen atoms in total.